The molecule has 0 saturated carbocycles. The smallest absolute Gasteiger partial charge is 0.203 e. The maximum atomic E-state index is 13.1. The van der Waals surface area contributed by atoms with Crippen LogP contribution in [0.1, 0.15) is 12.0 Å². The quantitative estimate of drug-likeness (QED) is 0.723. The Bertz CT molecular complexity index is 289. The summed E-state index contributed by atoms with van der Waals surface area (Å²) in [6.07, 6.45) is 0.282. The van der Waals surface area contributed by atoms with Crippen LogP contribution in [0, 0.1) is 5.82 Å². The molecule has 5 heteroatoms. The molecule has 1 rings (SSSR count). The van der Waals surface area contributed by atoms with E-state index in [4.69, 9.17) is 14.6 Å². The fraction of sp³-hybridized carbons (Fsp3) is 0.375. The highest BCUT2D eigenvalue weighted by Gasteiger charge is 2.16. The predicted molar refractivity (Wildman–Crippen MR) is 42.6 cm³/mol. The minimum absolute atomic E-state index is 0.0165. The number of methoxy groups -OCH3 is 2. The number of aromatic nitrogens is 1. The van der Waals surface area contributed by atoms with Crippen LogP contribution in [0.4, 0.5) is 4.39 Å². The molecule has 0 aliphatic rings. The highest BCUT2D eigenvalue weighted by molar-refractivity contribution is 5.20. The SMILES string of the molecule is COC(OC)c1ncc(O)cc1F. The first kappa shape index (κ1) is 9.88. The highest BCUT2D eigenvalue weighted by atomic mass is 19.1. The lowest BCUT2D eigenvalue weighted by molar-refractivity contribution is -0.110. The van der Waals surface area contributed by atoms with Crippen LogP contribution in [0.3, 0.4) is 0 Å². The first-order chi connectivity index (χ1) is 6.19. The average Bonchev–Trinajstić information content (AvgIpc) is 2.10. The largest absolute Gasteiger partial charge is 0.506 e. The van der Waals surface area contributed by atoms with Gasteiger partial charge in [0.25, 0.3) is 0 Å². The summed E-state index contributed by atoms with van der Waals surface area (Å²) in [5.74, 6) is -0.888. The van der Waals surface area contributed by atoms with Gasteiger partial charge in [-0.15, -0.1) is 0 Å². The summed E-state index contributed by atoms with van der Waals surface area (Å²) < 4.78 is 22.7. The number of nitrogens with zero attached hydrogens (tertiary/aromatic N) is 1. The van der Waals surface area contributed by atoms with Gasteiger partial charge in [0, 0.05) is 20.3 Å². The van der Waals surface area contributed by atoms with E-state index in [2.05, 4.69) is 4.98 Å². The highest BCUT2D eigenvalue weighted by Crippen LogP contribution is 2.20. The zero-order valence-electron chi connectivity index (χ0n) is 7.32. The molecule has 4 nitrogen and oxygen atoms in total. The van der Waals surface area contributed by atoms with Crippen LogP contribution >= 0.6 is 0 Å². The minimum atomic E-state index is -0.847. The Balaban J connectivity index is 2.99. The second-order valence-electron chi connectivity index (χ2n) is 2.36. The van der Waals surface area contributed by atoms with Crippen LogP contribution in [-0.2, 0) is 9.47 Å². The molecule has 0 saturated heterocycles. The summed E-state index contributed by atoms with van der Waals surface area (Å²) >= 11 is 0. The Labute approximate surface area is 74.9 Å². The van der Waals surface area contributed by atoms with Crippen LogP contribution in [0.5, 0.6) is 5.75 Å². The van der Waals surface area contributed by atoms with E-state index in [1.165, 1.54) is 14.2 Å². The third-order valence-electron chi connectivity index (χ3n) is 1.51. The molecule has 0 aliphatic carbocycles. The van der Waals surface area contributed by atoms with E-state index in [1.807, 2.05) is 0 Å². The molecule has 0 radical (unpaired) electrons. The van der Waals surface area contributed by atoms with Gasteiger partial charge in [0.05, 0.1) is 6.20 Å². The van der Waals surface area contributed by atoms with Crippen molar-refractivity contribution < 1.29 is 19.0 Å². The van der Waals surface area contributed by atoms with Gasteiger partial charge >= 0.3 is 0 Å². The number of ether oxygens (including phenoxy) is 2. The molecule has 0 bridgehead atoms. The minimum Gasteiger partial charge on any atom is -0.506 e. The summed E-state index contributed by atoms with van der Waals surface area (Å²) in [6, 6.07) is 0.952. The fourth-order valence-corrected chi connectivity index (χ4v) is 0.931. The van der Waals surface area contributed by atoms with Crippen molar-refractivity contribution in [3.63, 3.8) is 0 Å². The number of hydrogen-bond acceptors (Lipinski definition) is 4. The second kappa shape index (κ2) is 4.15. The molecule has 0 spiro atoms. The zero-order chi connectivity index (χ0) is 9.84. The molecule has 0 fully saturated rings. The molecule has 1 heterocycles. The number of hydrogen-bond donors (Lipinski definition) is 1. The van der Waals surface area contributed by atoms with Gasteiger partial charge in [-0.2, -0.15) is 0 Å². The number of aromatic hydroxyl groups is 1. The van der Waals surface area contributed by atoms with Crippen molar-refractivity contribution in [1.29, 1.82) is 0 Å². The first-order valence-electron chi connectivity index (χ1n) is 3.59. The van der Waals surface area contributed by atoms with Crippen LogP contribution < -0.4 is 0 Å². The average molecular weight is 187 g/mol. The maximum Gasteiger partial charge on any atom is 0.203 e. The van der Waals surface area contributed by atoms with Crippen molar-refractivity contribution >= 4 is 0 Å². The van der Waals surface area contributed by atoms with Gasteiger partial charge in [0.2, 0.25) is 6.29 Å². The number of pyridine rings is 1. The van der Waals surface area contributed by atoms with Crippen LogP contribution in [-0.4, -0.2) is 24.3 Å². The van der Waals surface area contributed by atoms with Crippen LogP contribution in [0.15, 0.2) is 12.3 Å². The molecule has 72 valence electrons. The maximum absolute atomic E-state index is 13.1. The molecule has 0 unspecified atom stereocenters. The normalized spacial score (nSPS) is 10.8. The van der Waals surface area contributed by atoms with E-state index in [9.17, 15) is 4.39 Å². The molecule has 0 amide bonds. The zero-order valence-corrected chi connectivity index (χ0v) is 7.32. The number of rotatable bonds is 3. The second-order valence-corrected chi connectivity index (χ2v) is 2.36. The molecule has 1 aromatic heterocycles. The molecule has 13 heavy (non-hydrogen) atoms. The molecule has 1 aromatic rings. The van der Waals surface area contributed by atoms with Gasteiger partial charge in [-0.05, 0) is 0 Å². The van der Waals surface area contributed by atoms with Crippen molar-refractivity contribution in [3.8, 4) is 5.75 Å². The lowest BCUT2D eigenvalue weighted by atomic mass is 10.3. The molecular formula is C8H10FNO3. The van der Waals surface area contributed by atoms with Gasteiger partial charge in [-0.1, -0.05) is 0 Å². The summed E-state index contributed by atoms with van der Waals surface area (Å²) in [6.45, 7) is 0. The Hall–Kier alpha value is -1.20. The Kier molecular flexibility index (Phi) is 3.16. The summed E-state index contributed by atoms with van der Waals surface area (Å²) in [4.78, 5) is 3.64. The molecule has 1 N–H and O–H groups in total. The summed E-state index contributed by atoms with van der Waals surface area (Å²) in [5.41, 5.74) is 0.0165. The monoisotopic (exact) mass is 187 g/mol. The molecule has 0 atom stereocenters. The topological polar surface area (TPSA) is 51.6 Å². The van der Waals surface area contributed by atoms with E-state index in [-0.39, 0.29) is 11.4 Å². The van der Waals surface area contributed by atoms with Gasteiger partial charge in [-0.3, -0.25) is 0 Å². The number of halogens is 1. The molecule has 0 aromatic carbocycles. The third-order valence-corrected chi connectivity index (χ3v) is 1.51. The lowest BCUT2D eigenvalue weighted by Crippen LogP contribution is -2.08. The Morgan fingerprint density at radius 3 is 2.54 bits per heavy atom. The Morgan fingerprint density at radius 2 is 2.08 bits per heavy atom. The van der Waals surface area contributed by atoms with Crippen LogP contribution in [0.25, 0.3) is 0 Å². The van der Waals surface area contributed by atoms with Gasteiger partial charge in [-0.25, -0.2) is 9.37 Å². The van der Waals surface area contributed by atoms with Crippen molar-refractivity contribution in [1.82, 2.24) is 4.98 Å². The Morgan fingerprint density at radius 1 is 1.46 bits per heavy atom. The van der Waals surface area contributed by atoms with E-state index in [1.54, 1.807) is 0 Å². The van der Waals surface area contributed by atoms with E-state index >= 15 is 0 Å². The standard InChI is InChI=1S/C8H10FNO3/c1-12-8(13-2)7-6(9)3-5(11)4-10-7/h3-4,8,11H,1-2H3. The van der Waals surface area contributed by atoms with E-state index < -0.39 is 12.1 Å². The lowest BCUT2D eigenvalue weighted by Gasteiger charge is -2.12. The molecule has 0 aliphatic heterocycles. The van der Waals surface area contributed by atoms with Gasteiger partial charge in [0.1, 0.15) is 11.4 Å². The predicted octanol–water partition coefficient (Wildman–Crippen LogP) is 1.22. The van der Waals surface area contributed by atoms with Crippen molar-refractivity contribution in [3.05, 3.63) is 23.8 Å². The van der Waals surface area contributed by atoms with Crippen molar-refractivity contribution in [2.45, 2.75) is 6.29 Å². The van der Waals surface area contributed by atoms with Gasteiger partial charge < -0.3 is 14.6 Å². The van der Waals surface area contributed by atoms with Crippen molar-refractivity contribution in [2.24, 2.45) is 0 Å². The third kappa shape index (κ3) is 2.13. The molecular weight excluding hydrogens is 177 g/mol. The van der Waals surface area contributed by atoms with Crippen LogP contribution in [0.2, 0.25) is 0 Å². The van der Waals surface area contributed by atoms with Crippen molar-refractivity contribution in [2.75, 3.05) is 14.2 Å². The first-order valence-corrected chi connectivity index (χ1v) is 3.59. The van der Waals surface area contributed by atoms with E-state index in [0.717, 1.165) is 12.3 Å². The van der Waals surface area contributed by atoms with Gasteiger partial charge in [0.15, 0.2) is 5.82 Å². The summed E-state index contributed by atoms with van der Waals surface area (Å²) in [7, 11) is 2.75. The fourth-order valence-electron chi connectivity index (χ4n) is 0.931. The van der Waals surface area contributed by atoms with E-state index in [0.29, 0.717) is 0 Å². The summed E-state index contributed by atoms with van der Waals surface area (Å²) in [5, 5.41) is 8.88.